The zero-order valence-electron chi connectivity index (χ0n) is 11.1. The summed E-state index contributed by atoms with van der Waals surface area (Å²) in [6.07, 6.45) is -0.476. The third kappa shape index (κ3) is 2.72. The summed E-state index contributed by atoms with van der Waals surface area (Å²) in [6, 6.07) is 3.68. The van der Waals surface area contributed by atoms with Crippen molar-refractivity contribution >= 4 is 11.6 Å². The molecule has 1 fully saturated rings. The third-order valence-corrected chi connectivity index (χ3v) is 4.17. The van der Waals surface area contributed by atoms with Gasteiger partial charge in [0.1, 0.15) is 13.2 Å². The van der Waals surface area contributed by atoms with E-state index in [4.69, 9.17) is 21.1 Å². The fraction of sp³-hybridized carbons (Fsp3) is 0.571. The predicted molar refractivity (Wildman–Crippen MR) is 74.3 cm³/mol. The van der Waals surface area contributed by atoms with E-state index in [0.29, 0.717) is 49.4 Å². The van der Waals surface area contributed by atoms with Crippen LogP contribution in [0.1, 0.15) is 5.56 Å². The van der Waals surface area contributed by atoms with Crippen LogP contribution in [0.3, 0.4) is 0 Å². The molecule has 1 aromatic carbocycles. The molecule has 0 amide bonds. The Hall–Kier alpha value is -1.01. The van der Waals surface area contributed by atoms with Gasteiger partial charge in [-0.2, -0.15) is 0 Å². The first kappa shape index (κ1) is 13.9. The smallest absolute Gasteiger partial charge is 0.162 e. The molecule has 2 atom stereocenters. The Morgan fingerprint density at radius 3 is 2.55 bits per heavy atom. The van der Waals surface area contributed by atoms with Crippen molar-refractivity contribution in [1.29, 1.82) is 0 Å². The summed E-state index contributed by atoms with van der Waals surface area (Å²) in [7, 11) is 0. The maximum Gasteiger partial charge on any atom is 0.162 e. The zero-order chi connectivity index (χ0) is 14.1. The normalized spacial score (nSPS) is 25.9. The maximum atomic E-state index is 9.82. The molecule has 2 heterocycles. The highest BCUT2D eigenvalue weighted by Gasteiger charge is 2.31. The summed E-state index contributed by atoms with van der Waals surface area (Å²) >= 11 is 6.27. The van der Waals surface area contributed by atoms with Crippen LogP contribution >= 0.6 is 11.6 Å². The summed E-state index contributed by atoms with van der Waals surface area (Å²) in [5.74, 6) is 1.32. The quantitative estimate of drug-likeness (QED) is 0.868. The van der Waals surface area contributed by atoms with Crippen molar-refractivity contribution in [1.82, 2.24) is 4.90 Å². The molecule has 0 radical (unpaired) electrons. The summed E-state index contributed by atoms with van der Waals surface area (Å²) in [6.45, 7) is 2.94. The molecular formula is C14H18ClNO4. The molecule has 2 aliphatic heterocycles. The highest BCUT2D eigenvalue weighted by atomic mass is 35.5. The largest absolute Gasteiger partial charge is 0.486 e. The van der Waals surface area contributed by atoms with Crippen LogP contribution in [-0.2, 0) is 6.54 Å². The van der Waals surface area contributed by atoms with Crippen LogP contribution in [0.25, 0.3) is 0 Å². The van der Waals surface area contributed by atoms with Crippen molar-refractivity contribution in [3.63, 3.8) is 0 Å². The fourth-order valence-corrected chi connectivity index (χ4v) is 2.93. The monoisotopic (exact) mass is 299 g/mol. The van der Waals surface area contributed by atoms with E-state index in [1.807, 2.05) is 6.07 Å². The molecule has 2 aliphatic rings. The third-order valence-electron chi connectivity index (χ3n) is 3.82. The highest BCUT2D eigenvalue weighted by molar-refractivity contribution is 6.31. The van der Waals surface area contributed by atoms with Gasteiger partial charge in [-0.25, -0.2) is 0 Å². The first-order valence-electron chi connectivity index (χ1n) is 6.76. The molecule has 0 saturated carbocycles. The fourth-order valence-electron chi connectivity index (χ4n) is 2.72. The number of halogens is 1. The number of hydrogen-bond donors (Lipinski definition) is 2. The Morgan fingerprint density at radius 2 is 1.90 bits per heavy atom. The highest BCUT2D eigenvalue weighted by Crippen LogP contribution is 2.36. The topological polar surface area (TPSA) is 62.2 Å². The number of aliphatic hydroxyl groups excluding tert-OH is 2. The predicted octanol–water partition coefficient (Wildman–Crippen LogP) is 0.896. The number of aliphatic hydroxyl groups is 2. The maximum absolute atomic E-state index is 9.82. The number of nitrogens with zero attached hydrogens (tertiary/aromatic N) is 1. The van der Waals surface area contributed by atoms with Crippen molar-refractivity contribution < 1.29 is 19.7 Å². The van der Waals surface area contributed by atoms with Crippen molar-refractivity contribution in [2.75, 3.05) is 32.9 Å². The molecular weight excluding hydrogens is 282 g/mol. The van der Waals surface area contributed by atoms with E-state index < -0.39 is 6.10 Å². The van der Waals surface area contributed by atoms with Gasteiger partial charge >= 0.3 is 0 Å². The van der Waals surface area contributed by atoms with E-state index in [1.165, 1.54) is 0 Å². The molecule has 2 unspecified atom stereocenters. The lowest BCUT2D eigenvalue weighted by molar-refractivity contribution is 0.103. The van der Waals surface area contributed by atoms with Crippen molar-refractivity contribution in [3.8, 4) is 11.5 Å². The molecule has 0 spiro atoms. The second-order valence-electron chi connectivity index (χ2n) is 5.29. The van der Waals surface area contributed by atoms with E-state index in [9.17, 15) is 10.2 Å². The van der Waals surface area contributed by atoms with Crippen LogP contribution in [0.2, 0.25) is 5.02 Å². The Labute approximate surface area is 122 Å². The van der Waals surface area contributed by atoms with E-state index >= 15 is 0 Å². The van der Waals surface area contributed by atoms with Crippen molar-refractivity contribution in [2.24, 2.45) is 5.92 Å². The standard InChI is InChI=1S/C14H18ClNO4/c15-11-4-14-13(19-1-2-20-14)3-9(11)5-16-6-10(8-17)12(18)7-16/h3-4,10,12,17-18H,1-2,5-8H2. The first-order chi connectivity index (χ1) is 9.67. The first-order valence-corrected chi connectivity index (χ1v) is 7.14. The van der Waals surface area contributed by atoms with Gasteiger partial charge in [0.2, 0.25) is 0 Å². The van der Waals surface area contributed by atoms with E-state index in [-0.39, 0.29) is 12.5 Å². The van der Waals surface area contributed by atoms with Gasteiger partial charge in [0.15, 0.2) is 11.5 Å². The SMILES string of the molecule is OCC1CN(Cc2cc3c(cc2Cl)OCCO3)CC1O. The number of β-amino-alcohol motifs (C(OH)–C–C–N with tert-alkyl or cyclic N) is 1. The van der Waals surface area contributed by atoms with Crippen molar-refractivity contribution in [2.45, 2.75) is 12.6 Å². The Kier molecular flexibility index (Phi) is 4.03. The lowest BCUT2D eigenvalue weighted by Gasteiger charge is -2.21. The van der Waals surface area contributed by atoms with Gasteiger partial charge in [-0.15, -0.1) is 0 Å². The van der Waals surface area contributed by atoms with E-state index in [1.54, 1.807) is 6.07 Å². The second kappa shape index (κ2) is 5.77. The summed E-state index contributed by atoms with van der Waals surface area (Å²) in [4.78, 5) is 2.09. The Balaban J connectivity index is 1.74. The number of ether oxygens (including phenoxy) is 2. The minimum Gasteiger partial charge on any atom is -0.486 e. The van der Waals surface area contributed by atoms with Crippen LogP contribution in [-0.4, -0.2) is 54.1 Å². The molecule has 2 N–H and O–H groups in total. The lowest BCUT2D eigenvalue weighted by atomic mass is 10.1. The Bertz CT molecular complexity index is 496. The molecule has 0 aliphatic carbocycles. The number of fused-ring (bicyclic) bond motifs is 1. The minimum atomic E-state index is -0.476. The van der Waals surface area contributed by atoms with Crippen LogP contribution in [0.15, 0.2) is 12.1 Å². The van der Waals surface area contributed by atoms with Gasteiger partial charge in [-0.3, -0.25) is 4.90 Å². The summed E-state index contributed by atoms with van der Waals surface area (Å²) in [5.41, 5.74) is 0.946. The van der Waals surface area contributed by atoms with E-state index in [0.717, 1.165) is 5.56 Å². The van der Waals surface area contributed by atoms with Gasteiger partial charge in [-0.1, -0.05) is 11.6 Å². The molecule has 0 bridgehead atoms. The van der Waals surface area contributed by atoms with Crippen LogP contribution in [0.4, 0.5) is 0 Å². The minimum absolute atomic E-state index is 0.00649. The van der Waals surface area contributed by atoms with E-state index in [2.05, 4.69) is 4.90 Å². The van der Waals surface area contributed by atoms with Gasteiger partial charge < -0.3 is 19.7 Å². The molecule has 110 valence electrons. The average molecular weight is 300 g/mol. The molecule has 3 rings (SSSR count). The number of rotatable bonds is 3. The lowest BCUT2D eigenvalue weighted by Crippen LogP contribution is -2.22. The molecule has 20 heavy (non-hydrogen) atoms. The Morgan fingerprint density at radius 1 is 1.20 bits per heavy atom. The summed E-state index contributed by atoms with van der Waals surface area (Å²) < 4.78 is 11.0. The van der Waals surface area contributed by atoms with Gasteiger partial charge in [0.05, 0.1) is 6.10 Å². The zero-order valence-corrected chi connectivity index (χ0v) is 11.8. The second-order valence-corrected chi connectivity index (χ2v) is 5.70. The average Bonchev–Trinajstić information content (AvgIpc) is 2.79. The van der Waals surface area contributed by atoms with Gasteiger partial charge in [-0.05, 0) is 11.6 Å². The number of hydrogen-bond acceptors (Lipinski definition) is 5. The summed E-state index contributed by atoms with van der Waals surface area (Å²) in [5, 5.41) is 19.6. The molecule has 6 heteroatoms. The van der Waals surface area contributed by atoms with Crippen LogP contribution < -0.4 is 9.47 Å². The van der Waals surface area contributed by atoms with Crippen molar-refractivity contribution in [3.05, 3.63) is 22.7 Å². The molecule has 1 aromatic rings. The van der Waals surface area contributed by atoms with Crippen LogP contribution in [0.5, 0.6) is 11.5 Å². The molecule has 1 saturated heterocycles. The number of benzene rings is 1. The van der Waals surface area contributed by atoms with Crippen LogP contribution in [0, 0.1) is 5.92 Å². The molecule has 5 nitrogen and oxygen atoms in total. The molecule has 0 aromatic heterocycles. The number of likely N-dealkylation sites (tertiary alicyclic amines) is 1. The van der Waals surface area contributed by atoms with Gasteiger partial charge in [0.25, 0.3) is 0 Å². The van der Waals surface area contributed by atoms with Gasteiger partial charge in [0, 0.05) is 43.2 Å².